The molecule has 2 rings (SSSR count). The van der Waals surface area contributed by atoms with Crippen LogP contribution in [0.15, 0.2) is 0 Å². The average Bonchev–Trinajstić information content (AvgIpc) is 2.69. The molecule has 0 spiro atoms. The first-order chi connectivity index (χ1) is 8.18. The number of aromatic amines is 1. The molecule has 1 amide bonds. The number of nitrogens with zero attached hydrogens (tertiary/aromatic N) is 1. The highest BCUT2D eigenvalue weighted by Crippen LogP contribution is 2.29. The molecule has 3 N–H and O–H groups in total. The van der Waals surface area contributed by atoms with Gasteiger partial charge in [0, 0.05) is 31.2 Å². The zero-order valence-electron chi connectivity index (χ0n) is 10.2. The Bertz CT molecular complexity index is 394. The summed E-state index contributed by atoms with van der Waals surface area (Å²) in [5, 5.41) is 7.40. The van der Waals surface area contributed by atoms with Gasteiger partial charge in [-0.2, -0.15) is 5.10 Å². The van der Waals surface area contributed by atoms with Crippen molar-refractivity contribution in [1.29, 1.82) is 0 Å². The fraction of sp³-hybridized carbons (Fsp3) is 0.667. The molecule has 1 aromatic heterocycles. The number of carbonyl (C=O) groups excluding carboxylic acids is 1. The number of nitrogens with two attached hydrogens (primary N) is 1. The topological polar surface area (TPSA) is 81.0 Å². The fourth-order valence-corrected chi connectivity index (χ4v) is 2.34. The third-order valence-electron chi connectivity index (χ3n) is 3.34. The van der Waals surface area contributed by atoms with E-state index in [1.54, 1.807) is 0 Å². The van der Waals surface area contributed by atoms with Crippen LogP contribution in [0.5, 0.6) is 0 Å². The Balaban J connectivity index is 2.12. The van der Waals surface area contributed by atoms with Gasteiger partial charge in [-0.3, -0.25) is 9.89 Å². The summed E-state index contributed by atoms with van der Waals surface area (Å²) in [6.45, 7) is 3.59. The highest BCUT2D eigenvalue weighted by molar-refractivity contribution is 5.74. The Morgan fingerprint density at radius 2 is 2.24 bits per heavy atom. The van der Waals surface area contributed by atoms with Gasteiger partial charge in [0.1, 0.15) is 0 Å². The number of hydrogen-bond donors (Lipinski definition) is 2. The molecule has 94 valence electrons. The predicted molar refractivity (Wildman–Crippen MR) is 63.6 cm³/mol. The van der Waals surface area contributed by atoms with Crippen LogP contribution in [-0.2, 0) is 16.0 Å². The molecule has 1 aliphatic heterocycles. The molecule has 0 radical (unpaired) electrons. The van der Waals surface area contributed by atoms with E-state index in [9.17, 15) is 4.79 Å². The Kier molecular flexibility index (Phi) is 3.78. The molecule has 5 nitrogen and oxygen atoms in total. The SMILES string of the molecule is Cc1[nH]nc(C2CCOCC2)c1CCC(N)=O. The smallest absolute Gasteiger partial charge is 0.217 e. The molecule has 0 bridgehead atoms. The summed E-state index contributed by atoms with van der Waals surface area (Å²) in [6.07, 6.45) is 3.09. The molecule has 0 saturated carbocycles. The van der Waals surface area contributed by atoms with Gasteiger partial charge in [-0.1, -0.05) is 0 Å². The lowest BCUT2D eigenvalue weighted by Crippen LogP contribution is -2.16. The molecule has 1 aromatic rings. The van der Waals surface area contributed by atoms with Crippen LogP contribution in [0.25, 0.3) is 0 Å². The van der Waals surface area contributed by atoms with E-state index < -0.39 is 0 Å². The van der Waals surface area contributed by atoms with E-state index in [1.807, 2.05) is 6.92 Å². The lowest BCUT2D eigenvalue weighted by molar-refractivity contribution is -0.117. The monoisotopic (exact) mass is 237 g/mol. The molecule has 0 aliphatic carbocycles. The van der Waals surface area contributed by atoms with Gasteiger partial charge < -0.3 is 10.5 Å². The number of aryl methyl sites for hydroxylation is 1. The highest BCUT2D eigenvalue weighted by Gasteiger charge is 2.22. The first-order valence-electron chi connectivity index (χ1n) is 6.08. The number of rotatable bonds is 4. The summed E-state index contributed by atoms with van der Waals surface area (Å²) >= 11 is 0. The van der Waals surface area contributed by atoms with E-state index in [0.717, 1.165) is 43.0 Å². The molecule has 5 heteroatoms. The van der Waals surface area contributed by atoms with E-state index in [4.69, 9.17) is 10.5 Å². The highest BCUT2D eigenvalue weighted by atomic mass is 16.5. The second kappa shape index (κ2) is 5.31. The standard InChI is InChI=1S/C12H19N3O2/c1-8-10(2-3-11(13)16)12(15-14-8)9-4-6-17-7-5-9/h9H,2-7H2,1H3,(H2,13,16)(H,14,15). The van der Waals surface area contributed by atoms with Crippen LogP contribution in [0.4, 0.5) is 0 Å². The Morgan fingerprint density at radius 3 is 2.88 bits per heavy atom. The Labute approximate surface area is 101 Å². The van der Waals surface area contributed by atoms with Gasteiger partial charge in [0.15, 0.2) is 0 Å². The van der Waals surface area contributed by atoms with Gasteiger partial charge in [0.2, 0.25) is 5.91 Å². The van der Waals surface area contributed by atoms with Crippen LogP contribution >= 0.6 is 0 Å². The molecule has 1 saturated heterocycles. The first-order valence-corrected chi connectivity index (χ1v) is 6.08. The van der Waals surface area contributed by atoms with Gasteiger partial charge in [0.05, 0.1) is 5.69 Å². The molecule has 2 heterocycles. The number of primary amides is 1. The van der Waals surface area contributed by atoms with Crippen molar-refractivity contribution in [2.45, 2.75) is 38.5 Å². The van der Waals surface area contributed by atoms with Crippen LogP contribution in [-0.4, -0.2) is 29.3 Å². The zero-order valence-corrected chi connectivity index (χ0v) is 10.2. The molecule has 1 fully saturated rings. The zero-order chi connectivity index (χ0) is 12.3. The number of amides is 1. The van der Waals surface area contributed by atoms with Gasteiger partial charge in [0.25, 0.3) is 0 Å². The molecule has 0 atom stereocenters. The van der Waals surface area contributed by atoms with Gasteiger partial charge in [-0.05, 0) is 31.7 Å². The Morgan fingerprint density at radius 1 is 1.53 bits per heavy atom. The maximum atomic E-state index is 10.9. The Hall–Kier alpha value is -1.36. The average molecular weight is 237 g/mol. The van der Waals surface area contributed by atoms with Crippen LogP contribution in [0, 0.1) is 6.92 Å². The number of aromatic nitrogens is 2. The minimum atomic E-state index is -0.261. The summed E-state index contributed by atoms with van der Waals surface area (Å²) in [5.41, 5.74) is 8.51. The van der Waals surface area contributed by atoms with E-state index in [-0.39, 0.29) is 5.91 Å². The van der Waals surface area contributed by atoms with E-state index >= 15 is 0 Å². The van der Waals surface area contributed by atoms with Crippen molar-refractivity contribution in [2.75, 3.05) is 13.2 Å². The van der Waals surface area contributed by atoms with Crippen molar-refractivity contribution >= 4 is 5.91 Å². The maximum absolute atomic E-state index is 10.9. The van der Waals surface area contributed by atoms with Crippen molar-refractivity contribution in [3.05, 3.63) is 17.0 Å². The molecule has 0 aromatic carbocycles. The van der Waals surface area contributed by atoms with Crippen molar-refractivity contribution in [1.82, 2.24) is 10.2 Å². The lowest BCUT2D eigenvalue weighted by atomic mass is 9.91. The fourth-order valence-electron chi connectivity index (χ4n) is 2.34. The van der Waals surface area contributed by atoms with E-state index in [1.165, 1.54) is 0 Å². The third kappa shape index (κ3) is 2.85. The molecule has 1 aliphatic rings. The summed E-state index contributed by atoms with van der Waals surface area (Å²) in [5.74, 6) is 0.195. The quantitative estimate of drug-likeness (QED) is 0.820. The maximum Gasteiger partial charge on any atom is 0.217 e. The second-order valence-electron chi connectivity index (χ2n) is 4.57. The molecule has 0 unspecified atom stereocenters. The van der Waals surface area contributed by atoms with Crippen LogP contribution in [0.2, 0.25) is 0 Å². The third-order valence-corrected chi connectivity index (χ3v) is 3.34. The van der Waals surface area contributed by atoms with E-state index in [0.29, 0.717) is 18.8 Å². The number of H-pyrrole nitrogens is 1. The lowest BCUT2D eigenvalue weighted by Gasteiger charge is -2.21. The van der Waals surface area contributed by atoms with Crippen molar-refractivity contribution in [3.8, 4) is 0 Å². The van der Waals surface area contributed by atoms with Crippen molar-refractivity contribution < 1.29 is 9.53 Å². The van der Waals surface area contributed by atoms with Crippen LogP contribution < -0.4 is 5.73 Å². The van der Waals surface area contributed by atoms with Crippen molar-refractivity contribution in [2.24, 2.45) is 5.73 Å². The summed E-state index contributed by atoms with van der Waals surface area (Å²) in [7, 11) is 0. The minimum absolute atomic E-state index is 0.261. The largest absolute Gasteiger partial charge is 0.381 e. The summed E-state index contributed by atoms with van der Waals surface area (Å²) in [4.78, 5) is 10.9. The molecular formula is C12H19N3O2. The van der Waals surface area contributed by atoms with Gasteiger partial charge >= 0.3 is 0 Å². The number of ether oxygens (including phenoxy) is 1. The van der Waals surface area contributed by atoms with Crippen molar-refractivity contribution in [3.63, 3.8) is 0 Å². The number of carbonyl (C=O) groups is 1. The molecular weight excluding hydrogens is 218 g/mol. The number of nitrogens with one attached hydrogen (secondary N) is 1. The van der Waals surface area contributed by atoms with Crippen LogP contribution in [0.3, 0.4) is 0 Å². The minimum Gasteiger partial charge on any atom is -0.381 e. The van der Waals surface area contributed by atoms with Gasteiger partial charge in [-0.25, -0.2) is 0 Å². The predicted octanol–water partition coefficient (Wildman–Crippen LogP) is 1.03. The second-order valence-corrected chi connectivity index (χ2v) is 4.57. The summed E-state index contributed by atoms with van der Waals surface area (Å²) < 4.78 is 5.35. The number of hydrogen-bond acceptors (Lipinski definition) is 3. The normalized spacial score (nSPS) is 17.2. The first kappa shape index (κ1) is 12.1. The van der Waals surface area contributed by atoms with Crippen LogP contribution in [0.1, 0.15) is 42.1 Å². The molecule has 17 heavy (non-hydrogen) atoms. The van der Waals surface area contributed by atoms with E-state index in [2.05, 4.69) is 10.2 Å². The summed E-state index contributed by atoms with van der Waals surface area (Å²) in [6, 6.07) is 0. The van der Waals surface area contributed by atoms with Gasteiger partial charge in [-0.15, -0.1) is 0 Å².